The van der Waals surface area contributed by atoms with Crippen molar-refractivity contribution in [2.75, 3.05) is 13.6 Å². The molecule has 2 rings (SSSR count). The summed E-state index contributed by atoms with van der Waals surface area (Å²) >= 11 is 0. The van der Waals surface area contributed by atoms with Crippen LogP contribution in [0.3, 0.4) is 0 Å². The fourth-order valence-corrected chi connectivity index (χ4v) is 2.30. The van der Waals surface area contributed by atoms with Gasteiger partial charge in [0.1, 0.15) is 5.76 Å². The first-order valence-electron chi connectivity index (χ1n) is 5.51. The van der Waals surface area contributed by atoms with E-state index in [1.54, 1.807) is 6.26 Å². The van der Waals surface area contributed by atoms with Crippen LogP contribution in [0.5, 0.6) is 0 Å². The van der Waals surface area contributed by atoms with Crippen LogP contribution in [-0.4, -0.2) is 18.5 Å². The lowest BCUT2D eigenvalue weighted by Gasteiger charge is -2.33. The summed E-state index contributed by atoms with van der Waals surface area (Å²) in [6.45, 7) is 7.68. The number of hydrogen-bond acceptors (Lipinski definition) is 2. The van der Waals surface area contributed by atoms with Gasteiger partial charge < -0.3 is 4.42 Å². The molecule has 2 heterocycles. The molecule has 0 aromatic carbocycles. The van der Waals surface area contributed by atoms with Gasteiger partial charge in [-0.3, -0.25) is 4.90 Å². The van der Waals surface area contributed by atoms with Gasteiger partial charge in [-0.2, -0.15) is 0 Å². The minimum atomic E-state index is 0.341. The molecule has 2 heteroatoms. The van der Waals surface area contributed by atoms with Gasteiger partial charge in [-0.05, 0) is 51.4 Å². The molecule has 1 aromatic heterocycles. The zero-order valence-corrected chi connectivity index (χ0v) is 10.0. The molecular weight excluding hydrogens is 186 g/mol. The van der Waals surface area contributed by atoms with Gasteiger partial charge in [-0.25, -0.2) is 0 Å². The van der Waals surface area contributed by atoms with Crippen molar-refractivity contribution in [3.8, 4) is 0 Å². The third-order valence-corrected chi connectivity index (χ3v) is 3.51. The van der Waals surface area contributed by atoms with Gasteiger partial charge in [0.15, 0.2) is 0 Å². The summed E-state index contributed by atoms with van der Waals surface area (Å²) in [5, 5.41) is 0. The van der Waals surface area contributed by atoms with E-state index >= 15 is 0 Å². The quantitative estimate of drug-likeness (QED) is 0.654. The lowest BCUT2D eigenvalue weighted by Crippen LogP contribution is -2.31. The lowest BCUT2D eigenvalue weighted by atomic mass is 9.92. The molecule has 15 heavy (non-hydrogen) atoms. The van der Waals surface area contributed by atoms with Gasteiger partial charge in [0.25, 0.3) is 0 Å². The van der Waals surface area contributed by atoms with Crippen LogP contribution in [0.25, 0.3) is 0 Å². The smallest absolute Gasteiger partial charge is 0.127 e. The molecule has 2 nitrogen and oxygen atoms in total. The zero-order valence-electron chi connectivity index (χ0n) is 10.0. The van der Waals surface area contributed by atoms with Crippen molar-refractivity contribution in [3.05, 3.63) is 34.8 Å². The molecule has 0 amide bonds. The van der Waals surface area contributed by atoms with Crippen LogP contribution in [0.1, 0.15) is 37.6 Å². The van der Waals surface area contributed by atoms with Crippen LogP contribution in [0.4, 0.5) is 0 Å². The van der Waals surface area contributed by atoms with Crippen LogP contribution in [0, 0.1) is 6.92 Å². The highest BCUT2D eigenvalue weighted by Gasteiger charge is 2.27. The first kappa shape index (κ1) is 10.5. The van der Waals surface area contributed by atoms with E-state index in [2.05, 4.69) is 32.7 Å². The third kappa shape index (κ3) is 1.74. The summed E-state index contributed by atoms with van der Waals surface area (Å²) in [7, 11) is 2.17. The van der Waals surface area contributed by atoms with Gasteiger partial charge in [-0.1, -0.05) is 5.57 Å². The standard InChI is InChI=1S/C13H19NO/c1-9-5-7-14(4)12(11(9)3)13-10(2)6-8-15-13/h6,8,12H,5,7H2,1-4H3. The SMILES string of the molecule is CC1=C(C)C(c2occc2C)N(C)CC1. The predicted molar refractivity (Wildman–Crippen MR) is 61.8 cm³/mol. The maximum atomic E-state index is 5.62. The Bertz CT molecular complexity index is 389. The summed E-state index contributed by atoms with van der Waals surface area (Å²) in [6.07, 6.45) is 2.97. The fraction of sp³-hybridized carbons (Fsp3) is 0.538. The molecule has 1 aliphatic rings. The van der Waals surface area contributed by atoms with Crippen molar-refractivity contribution in [1.82, 2.24) is 4.90 Å². The molecule has 1 aliphatic heterocycles. The van der Waals surface area contributed by atoms with Crippen LogP contribution in [0.2, 0.25) is 0 Å². The number of likely N-dealkylation sites (N-methyl/N-ethyl adjacent to an activating group) is 1. The van der Waals surface area contributed by atoms with Crippen molar-refractivity contribution in [2.45, 2.75) is 33.2 Å². The maximum absolute atomic E-state index is 5.62. The van der Waals surface area contributed by atoms with E-state index in [1.165, 1.54) is 23.1 Å². The first-order valence-corrected chi connectivity index (χ1v) is 5.51. The van der Waals surface area contributed by atoms with Gasteiger partial charge in [0.2, 0.25) is 0 Å². The summed E-state index contributed by atoms with van der Waals surface area (Å²) in [5.74, 6) is 1.11. The van der Waals surface area contributed by atoms with Gasteiger partial charge in [0, 0.05) is 6.54 Å². The monoisotopic (exact) mass is 205 g/mol. The molecule has 1 aromatic rings. The molecule has 0 radical (unpaired) electrons. The summed E-state index contributed by atoms with van der Waals surface area (Å²) in [5.41, 5.74) is 4.21. The number of aryl methyl sites for hydroxylation is 1. The molecular formula is C13H19NO. The largest absolute Gasteiger partial charge is 0.467 e. The van der Waals surface area contributed by atoms with Crippen LogP contribution < -0.4 is 0 Å². The number of nitrogens with zero attached hydrogens (tertiary/aromatic N) is 1. The molecule has 0 aliphatic carbocycles. The molecule has 0 spiro atoms. The van der Waals surface area contributed by atoms with E-state index in [0.717, 1.165) is 12.3 Å². The highest BCUT2D eigenvalue weighted by atomic mass is 16.3. The minimum Gasteiger partial charge on any atom is -0.467 e. The second-order valence-corrected chi connectivity index (χ2v) is 4.56. The summed E-state index contributed by atoms with van der Waals surface area (Å²) in [6, 6.07) is 2.38. The Morgan fingerprint density at radius 3 is 2.67 bits per heavy atom. The van der Waals surface area contributed by atoms with Gasteiger partial charge in [0.05, 0.1) is 12.3 Å². The normalized spacial score (nSPS) is 23.6. The number of rotatable bonds is 1. The molecule has 0 fully saturated rings. The second kappa shape index (κ2) is 3.86. The van der Waals surface area contributed by atoms with E-state index in [-0.39, 0.29) is 0 Å². The van der Waals surface area contributed by atoms with Crippen molar-refractivity contribution >= 4 is 0 Å². The second-order valence-electron chi connectivity index (χ2n) is 4.56. The van der Waals surface area contributed by atoms with E-state index in [0.29, 0.717) is 6.04 Å². The number of furan rings is 1. The van der Waals surface area contributed by atoms with Crippen molar-refractivity contribution in [1.29, 1.82) is 0 Å². The van der Waals surface area contributed by atoms with E-state index in [9.17, 15) is 0 Å². The lowest BCUT2D eigenvalue weighted by molar-refractivity contribution is 0.230. The van der Waals surface area contributed by atoms with E-state index in [4.69, 9.17) is 4.42 Å². The van der Waals surface area contributed by atoms with Crippen LogP contribution in [-0.2, 0) is 0 Å². The average Bonchev–Trinajstić information content (AvgIpc) is 2.60. The Morgan fingerprint density at radius 1 is 1.33 bits per heavy atom. The Hall–Kier alpha value is -1.02. The maximum Gasteiger partial charge on any atom is 0.127 e. The molecule has 0 saturated carbocycles. The molecule has 1 unspecified atom stereocenters. The predicted octanol–water partition coefficient (Wildman–Crippen LogP) is 3.30. The molecule has 0 N–H and O–H groups in total. The Balaban J connectivity index is 2.43. The number of hydrogen-bond donors (Lipinski definition) is 0. The van der Waals surface area contributed by atoms with Crippen molar-refractivity contribution in [3.63, 3.8) is 0 Å². The third-order valence-electron chi connectivity index (χ3n) is 3.51. The van der Waals surface area contributed by atoms with Crippen LogP contribution in [0.15, 0.2) is 27.9 Å². The van der Waals surface area contributed by atoms with Gasteiger partial charge >= 0.3 is 0 Å². The fourth-order valence-electron chi connectivity index (χ4n) is 2.30. The Morgan fingerprint density at radius 2 is 2.07 bits per heavy atom. The van der Waals surface area contributed by atoms with E-state index in [1.807, 2.05) is 6.07 Å². The zero-order chi connectivity index (χ0) is 11.0. The van der Waals surface area contributed by atoms with Crippen molar-refractivity contribution in [2.24, 2.45) is 0 Å². The topological polar surface area (TPSA) is 16.4 Å². The Labute approximate surface area is 91.6 Å². The molecule has 0 bridgehead atoms. The minimum absolute atomic E-state index is 0.341. The Kier molecular flexibility index (Phi) is 2.70. The molecule has 0 saturated heterocycles. The van der Waals surface area contributed by atoms with Gasteiger partial charge in [-0.15, -0.1) is 0 Å². The summed E-state index contributed by atoms with van der Waals surface area (Å²) in [4.78, 5) is 2.37. The molecule has 82 valence electrons. The molecule has 1 atom stereocenters. The van der Waals surface area contributed by atoms with Crippen LogP contribution >= 0.6 is 0 Å². The average molecular weight is 205 g/mol. The first-order chi connectivity index (χ1) is 7.11. The summed E-state index contributed by atoms with van der Waals surface area (Å²) < 4.78 is 5.62. The highest BCUT2D eigenvalue weighted by molar-refractivity contribution is 5.30. The highest BCUT2D eigenvalue weighted by Crippen LogP contribution is 2.35. The van der Waals surface area contributed by atoms with Crippen molar-refractivity contribution < 1.29 is 4.42 Å². The van der Waals surface area contributed by atoms with E-state index < -0.39 is 0 Å².